The van der Waals surface area contributed by atoms with E-state index in [9.17, 15) is 39.6 Å². The number of allylic oxidation sites excluding steroid dienone is 1. The Morgan fingerprint density at radius 3 is 1.01 bits per heavy atom. The minimum atomic E-state index is -3.74. The summed E-state index contributed by atoms with van der Waals surface area (Å²) < 4.78 is 84.3. The summed E-state index contributed by atoms with van der Waals surface area (Å²) in [5.41, 5.74) is 8.32. The van der Waals surface area contributed by atoms with Crippen LogP contribution in [-0.4, -0.2) is 93.9 Å². The number of hydroxylamine groups is 1. The molecule has 0 saturated heterocycles. The fraction of sp³-hybridized carbons (Fsp3) is 0.0588. The molecule has 0 spiro atoms. The van der Waals surface area contributed by atoms with Gasteiger partial charge in [-0.3, -0.25) is 28.8 Å². The van der Waals surface area contributed by atoms with Gasteiger partial charge < -0.3 is 5.11 Å². The Kier molecular flexibility index (Phi) is 20.3. The van der Waals surface area contributed by atoms with Crippen molar-refractivity contribution in [1.29, 1.82) is 0 Å². The van der Waals surface area contributed by atoms with E-state index in [1.54, 1.807) is 93.3 Å². The largest absolute Gasteiger partial charge is 0.478 e. The van der Waals surface area contributed by atoms with Crippen LogP contribution in [0.4, 0.5) is 0 Å². The Morgan fingerprint density at radius 1 is 0.462 bits per heavy atom. The number of benzene rings is 3. The van der Waals surface area contributed by atoms with Crippen LogP contribution in [0.3, 0.4) is 0 Å². The molecule has 3 aromatic carbocycles. The van der Waals surface area contributed by atoms with Gasteiger partial charge in [0, 0.05) is 106 Å². The summed E-state index contributed by atoms with van der Waals surface area (Å²) in [7, 11) is -5.75. The molecule has 0 fully saturated rings. The van der Waals surface area contributed by atoms with E-state index in [1.165, 1.54) is 91.2 Å². The number of nitrogens with one attached hydrogen (secondary N) is 1. The zero-order valence-electron chi connectivity index (χ0n) is 41.1. The lowest BCUT2D eigenvalue weighted by atomic mass is 10.1. The lowest BCUT2D eigenvalue weighted by Crippen LogP contribution is -2.14. The topological polar surface area (TPSA) is 274 Å². The van der Waals surface area contributed by atoms with E-state index < -0.39 is 47.2 Å². The van der Waals surface area contributed by atoms with E-state index in [0.717, 1.165) is 63.5 Å². The first-order valence-electron chi connectivity index (χ1n) is 22.1. The SMILES string of the molecule is Cl.Cl.Cn1cc(-c2ccc(S(=O)(=O)n3ccc(/C=C/C(=O)Cl)c3)cc2)cn1.Cn1cc(-c2ccc(S(=O)(=O)n3ccc(/C=C/C(=O)NO)c3)cc2)cn1.Cn1cc(-c2ccc(S(=O)(=O)n3ccc(/C=C/C(=O)O)c3)cc2)cn1. The van der Waals surface area contributed by atoms with Gasteiger partial charge in [-0.1, -0.05) is 36.4 Å². The summed E-state index contributed by atoms with van der Waals surface area (Å²) in [6, 6.07) is 24.2. The smallest absolute Gasteiger partial charge is 0.328 e. The van der Waals surface area contributed by atoms with Gasteiger partial charge in [-0.15, -0.1) is 24.8 Å². The Labute approximate surface area is 465 Å². The Hall–Kier alpha value is -8.36. The van der Waals surface area contributed by atoms with Crippen LogP contribution in [-0.2, 0) is 65.6 Å². The molecular weight excluding hydrogens is 1130 g/mol. The van der Waals surface area contributed by atoms with Crippen LogP contribution >= 0.6 is 36.4 Å². The fourth-order valence-electron chi connectivity index (χ4n) is 6.99. The van der Waals surface area contributed by atoms with E-state index in [0.29, 0.717) is 16.7 Å². The lowest BCUT2D eigenvalue weighted by molar-refractivity contribution is -0.131. The van der Waals surface area contributed by atoms with Gasteiger partial charge in [0.1, 0.15) is 0 Å². The molecule has 0 aliphatic heterocycles. The van der Waals surface area contributed by atoms with E-state index in [2.05, 4.69) is 15.3 Å². The van der Waals surface area contributed by atoms with E-state index in [4.69, 9.17) is 21.9 Å². The Bertz CT molecular complexity index is 3810. The van der Waals surface area contributed by atoms with Crippen molar-refractivity contribution in [3.8, 4) is 33.4 Å². The summed E-state index contributed by atoms with van der Waals surface area (Å²) in [6.07, 6.45) is 26.4. The fourth-order valence-corrected chi connectivity index (χ4v) is 10.7. The number of amides is 1. The molecule has 0 bridgehead atoms. The van der Waals surface area contributed by atoms with Crippen molar-refractivity contribution in [3.05, 3.63) is 200 Å². The Morgan fingerprint density at radius 2 is 0.756 bits per heavy atom. The number of carboxylic acid groups (broad SMARTS) is 1. The lowest BCUT2D eigenvalue weighted by Gasteiger charge is -2.06. The molecule has 21 nitrogen and oxygen atoms in total. The number of carbonyl (C=O) groups excluding carboxylic acids is 2. The second kappa shape index (κ2) is 26.1. The van der Waals surface area contributed by atoms with Gasteiger partial charge >= 0.3 is 5.97 Å². The summed E-state index contributed by atoms with van der Waals surface area (Å²) in [5, 5.41) is 28.7. The normalized spacial score (nSPS) is 11.6. The van der Waals surface area contributed by atoms with E-state index in [1.807, 2.05) is 39.7 Å². The average Bonchev–Trinajstić information content (AvgIpc) is 4.28. The van der Waals surface area contributed by atoms with Gasteiger partial charge in [0.05, 0.1) is 33.3 Å². The number of halogens is 3. The van der Waals surface area contributed by atoms with Crippen molar-refractivity contribution in [2.24, 2.45) is 21.1 Å². The summed E-state index contributed by atoms with van der Waals surface area (Å²) in [5.74, 6) is -1.80. The maximum Gasteiger partial charge on any atom is 0.328 e. The molecule has 3 N–H and O–H groups in total. The molecule has 9 aromatic rings. The molecule has 0 unspecified atom stereocenters. The molecular formula is C51H47Cl3N10O11S3. The molecule has 0 atom stereocenters. The predicted octanol–water partition coefficient (Wildman–Crippen LogP) is 7.62. The number of hydrogen-bond acceptors (Lipinski definition) is 13. The minimum absolute atomic E-state index is 0. The monoisotopic (exact) mass is 1180 g/mol. The number of rotatable bonds is 15. The first-order chi connectivity index (χ1) is 36.1. The van der Waals surface area contributed by atoms with Crippen LogP contribution in [0.15, 0.2) is 198 Å². The van der Waals surface area contributed by atoms with Gasteiger partial charge in [0.15, 0.2) is 0 Å². The van der Waals surface area contributed by atoms with E-state index >= 15 is 0 Å². The third-order valence-corrected chi connectivity index (χ3v) is 15.9. The molecule has 6 aromatic heterocycles. The summed E-state index contributed by atoms with van der Waals surface area (Å²) >= 11 is 5.23. The minimum Gasteiger partial charge on any atom is -0.478 e. The maximum atomic E-state index is 12.7. The zero-order chi connectivity index (χ0) is 54.8. The highest BCUT2D eigenvalue weighted by Gasteiger charge is 2.20. The first kappa shape index (κ1) is 60.5. The molecule has 1 amide bonds. The van der Waals surface area contributed by atoms with Crippen LogP contribution in [0.1, 0.15) is 16.7 Å². The third kappa shape index (κ3) is 15.2. The molecule has 0 radical (unpaired) electrons. The van der Waals surface area contributed by atoms with Gasteiger partial charge in [-0.05, 0) is 124 Å². The highest BCUT2D eigenvalue weighted by molar-refractivity contribution is 7.90. The zero-order valence-corrected chi connectivity index (χ0v) is 45.9. The second-order valence-corrected chi connectivity index (χ2v) is 22.1. The van der Waals surface area contributed by atoms with Gasteiger partial charge in [0.2, 0.25) is 5.24 Å². The molecule has 0 aliphatic carbocycles. The molecule has 78 heavy (non-hydrogen) atoms. The van der Waals surface area contributed by atoms with Crippen molar-refractivity contribution in [2.45, 2.75) is 14.7 Å². The number of aryl methyl sites for hydroxylation is 3. The van der Waals surface area contributed by atoms with Crippen LogP contribution in [0.5, 0.6) is 0 Å². The molecule has 9 rings (SSSR count). The van der Waals surface area contributed by atoms with Crippen LogP contribution < -0.4 is 5.48 Å². The number of aromatic nitrogens is 9. The van der Waals surface area contributed by atoms with Crippen molar-refractivity contribution < 1.29 is 50.0 Å². The molecule has 27 heteroatoms. The maximum absolute atomic E-state index is 12.7. The second-order valence-electron chi connectivity index (χ2n) is 16.2. The number of aliphatic carboxylic acids is 1. The third-order valence-electron chi connectivity index (χ3n) is 10.8. The van der Waals surface area contributed by atoms with Gasteiger partial charge in [0.25, 0.3) is 36.0 Å². The van der Waals surface area contributed by atoms with Gasteiger partial charge in [-0.25, -0.2) is 47.4 Å². The van der Waals surface area contributed by atoms with Crippen molar-refractivity contribution in [3.63, 3.8) is 0 Å². The van der Waals surface area contributed by atoms with E-state index in [-0.39, 0.29) is 39.5 Å². The standard InChI is InChI=1S/C17H14ClN3O3S.C17H16N4O4S.C17H15N3O4S.2ClH/c1-20-12-15(10-19-20)14-3-5-16(6-4-14)25(23,24)21-9-8-13(11-21)2-7-17(18)22;1-20-12-15(10-18-20)14-3-5-16(6-4-14)26(24,25)21-9-8-13(11-21)2-7-17(22)19-23;1-19-12-15(10-18-19)14-3-5-16(6-4-14)25(23,24)20-9-8-13(11-20)2-7-17(21)22;;/h2-12H,1H3;2-12,23H,1H3,(H,19,22);2-12H,1H3,(H,21,22);2*1H/b3*7-2+;;. The highest BCUT2D eigenvalue weighted by atomic mass is 35.5. The summed E-state index contributed by atoms with van der Waals surface area (Å²) in [4.78, 5) is 32.7. The van der Waals surface area contributed by atoms with Crippen LogP contribution in [0.25, 0.3) is 51.6 Å². The number of carboxylic acids is 1. The van der Waals surface area contributed by atoms with Gasteiger partial charge in [-0.2, -0.15) is 15.3 Å². The number of nitrogens with zero attached hydrogens (tertiary/aromatic N) is 9. The van der Waals surface area contributed by atoms with Crippen molar-refractivity contribution in [2.75, 3.05) is 0 Å². The summed E-state index contributed by atoms with van der Waals surface area (Å²) in [6.45, 7) is 0. The van der Waals surface area contributed by atoms with Crippen molar-refractivity contribution >= 4 is 102 Å². The number of hydrogen-bond donors (Lipinski definition) is 3. The molecule has 0 aliphatic rings. The molecule has 6 heterocycles. The first-order valence-corrected chi connectivity index (χ1v) is 26.8. The van der Waals surface area contributed by atoms with Crippen molar-refractivity contribution in [1.82, 2.24) is 46.7 Å². The molecule has 406 valence electrons. The highest BCUT2D eigenvalue weighted by Crippen LogP contribution is 2.26. The van der Waals surface area contributed by atoms with Crippen LogP contribution in [0, 0.1) is 0 Å². The quantitative estimate of drug-likeness (QED) is 0.0386. The average molecular weight is 1180 g/mol. The predicted molar refractivity (Wildman–Crippen MR) is 297 cm³/mol. The Balaban J connectivity index is 0.000000213. The number of carbonyl (C=O) groups is 3. The molecule has 0 saturated carbocycles. The van der Waals surface area contributed by atoms with Crippen LogP contribution in [0.2, 0.25) is 0 Å².